The van der Waals surface area contributed by atoms with Crippen LogP contribution in [0.2, 0.25) is 0 Å². The molecule has 0 aromatic heterocycles. The van der Waals surface area contributed by atoms with Crippen LogP contribution >= 0.6 is 0 Å². The lowest BCUT2D eigenvalue weighted by Gasteiger charge is -2.42. The molecule has 0 atom stereocenters. The zero-order valence-corrected chi connectivity index (χ0v) is 16.3. The molecule has 150 valence electrons. The molecule has 29 heavy (non-hydrogen) atoms. The number of hydrogen-bond acceptors (Lipinski definition) is 2. The van der Waals surface area contributed by atoms with Gasteiger partial charge in [-0.3, -0.25) is 4.90 Å². The lowest BCUT2D eigenvalue weighted by molar-refractivity contribution is -0.0156. The average molecular weight is 393 g/mol. The SMILES string of the molecule is OC(c1cccc(F)c1)(c1cccc(F)c1)C1CCN(Cc2ccccc2)CC1. The zero-order chi connectivity index (χ0) is 20.3. The van der Waals surface area contributed by atoms with Crippen molar-refractivity contribution in [3.8, 4) is 0 Å². The van der Waals surface area contributed by atoms with E-state index in [-0.39, 0.29) is 5.92 Å². The quantitative estimate of drug-likeness (QED) is 0.651. The Labute approximate surface area is 170 Å². The van der Waals surface area contributed by atoms with Crippen LogP contribution in [0.4, 0.5) is 8.78 Å². The van der Waals surface area contributed by atoms with Gasteiger partial charge in [0.1, 0.15) is 17.2 Å². The Kier molecular flexibility index (Phi) is 5.74. The normalized spacial score (nSPS) is 16.1. The zero-order valence-electron chi connectivity index (χ0n) is 16.3. The van der Waals surface area contributed by atoms with Crippen LogP contribution in [-0.2, 0) is 12.1 Å². The molecule has 1 aliphatic rings. The maximum Gasteiger partial charge on any atom is 0.123 e. The summed E-state index contributed by atoms with van der Waals surface area (Å²) >= 11 is 0. The topological polar surface area (TPSA) is 23.5 Å². The third-order valence-corrected chi connectivity index (χ3v) is 5.96. The molecule has 1 saturated heterocycles. The van der Waals surface area contributed by atoms with Gasteiger partial charge in [-0.25, -0.2) is 8.78 Å². The Morgan fingerprint density at radius 1 is 0.793 bits per heavy atom. The van der Waals surface area contributed by atoms with E-state index in [1.807, 2.05) is 18.2 Å². The fourth-order valence-corrected chi connectivity index (χ4v) is 4.44. The molecule has 1 N–H and O–H groups in total. The van der Waals surface area contributed by atoms with E-state index >= 15 is 0 Å². The Bertz CT molecular complexity index is 906. The lowest BCUT2D eigenvalue weighted by atomic mass is 9.72. The molecule has 3 aromatic carbocycles. The molecule has 0 bridgehead atoms. The van der Waals surface area contributed by atoms with E-state index in [2.05, 4.69) is 17.0 Å². The highest BCUT2D eigenvalue weighted by atomic mass is 19.1. The van der Waals surface area contributed by atoms with Crippen molar-refractivity contribution in [2.75, 3.05) is 13.1 Å². The Morgan fingerprint density at radius 2 is 1.34 bits per heavy atom. The summed E-state index contributed by atoms with van der Waals surface area (Å²) in [6.45, 7) is 2.52. The fourth-order valence-electron chi connectivity index (χ4n) is 4.44. The number of rotatable bonds is 5. The second-order valence-electron chi connectivity index (χ2n) is 7.82. The number of aliphatic hydroxyl groups is 1. The van der Waals surface area contributed by atoms with E-state index in [4.69, 9.17) is 0 Å². The van der Waals surface area contributed by atoms with E-state index in [0.717, 1.165) is 32.5 Å². The highest BCUT2D eigenvalue weighted by Crippen LogP contribution is 2.42. The van der Waals surface area contributed by atoms with E-state index in [1.54, 1.807) is 24.3 Å². The molecule has 2 nitrogen and oxygen atoms in total. The predicted octanol–water partition coefficient (Wildman–Crippen LogP) is 5.11. The van der Waals surface area contributed by atoms with Gasteiger partial charge in [0.15, 0.2) is 0 Å². The third kappa shape index (κ3) is 4.24. The minimum atomic E-state index is -1.43. The molecule has 4 rings (SSSR count). The van der Waals surface area contributed by atoms with Gasteiger partial charge in [0, 0.05) is 6.54 Å². The van der Waals surface area contributed by atoms with Gasteiger partial charge < -0.3 is 5.11 Å². The first kappa shape index (κ1) is 19.7. The minimum absolute atomic E-state index is 0.127. The third-order valence-electron chi connectivity index (χ3n) is 5.96. The van der Waals surface area contributed by atoms with Gasteiger partial charge in [-0.15, -0.1) is 0 Å². The Morgan fingerprint density at radius 3 is 1.86 bits per heavy atom. The van der Waals surface area contributed by atoms with Gasteiger partial charge in [0.05, 0.1) is 0 Å². The predicted molar refractivity (Wildman–Crippen MR) is 110 cm³/mol. The van der Waals surface area contributed by atoms with Gasteiger partial charge in [0.25, 0.3) is 0 Å². The lowest BCUT2D eigenvalue weighted by Crippen LogP contribution is -2.44. The van der Waals surface area contributed by atoms with Crippen LogP contribution in [0.1, 0.15) is 29.5 Å². The van der Waals surface area contributed by atoms with Crippen LogP contribution in [-0.4, -0.2) is 23.1 Å². The summed E-state index contributed by atoms with van der Waals surface area (Å²) in [6.07, 6.45) is 1.49. The van der Waals surface area contributed by atoms with Gasteiger partial charge in [0.2, 0.25) is 0 Å². The molecule has 1 aliphatic heterocycles. The van der Waals surface area contributed by atoms with Crippen molar-refractivity contribution in [3.05, 3.63) is 107 Å². The summed E-state index contributed by atoms with van der Waals surface area (Å²) in [5.41, 5.74) is 0.786. The molecule has 4 heteroatoms. The number of piperidine rings is 1. The standard InChI is InChI=1S/C25H25F2NO/c26-23-10-4-8-21(16-23)25(29,22-9-5-11-24(27)17-22)20-12-14-28(15-13-20)18-19-6-2-1-3-7-19/h1-11,16-17,20,29H,12-15,18H2. The van der Waals surface area contributed by atoms with Gasteiger partial charge in [-0.2, -0.15) is 0 Å². The largest absolute Gasteiger partial charge is 0.380 e. The Balaban J connectivity index is 1.59. The summed E-state index contributed by atoms with van der Waals surface area (Å²) in [4.78, 5) is 2.36. The fraction of sp³-hybridized carbons (Fsp3) is 0.280. The van der Waals surface area contributed by atoms with Crippen LogP contribution < -0.4 is 0 Å². The summed E-state index contributed by atoms with van der Waals surface area (Å²) in [6, 6.07) is 22.4. The maximum absolute atomic E-state index is 14.0. The second kappa shape index (κ2) is 8.44. The monoisotopic (exact) mass is 393 g/mol. The Hall–Kier alpha value is -2.56. The van der Waals surface area contributed by atoms with Crippen molar-refractivity contribution in [1.29, 1.82) is 0 Å². The minimum Gasteiger partial charge on any atom is -0.380 e. The van der Waals surface area contributed by atoms with Crippen LogP contribution in [0.25, 0.3) is 0 Å². The van der Waals surface area contributed by atoms with Crippen molar-refractivity contribution in [3.63, 3.8) is 0 Å². The number of nitrogens with zero attached hydrogens (tertiary/aromatic N) is 1. The summed E-state index contributed by atoms with van der Waals surface area (Å²) in [5.74, 6) is -0.934. The van der Waals surface area contributed by atoms with Crippen LogP contribution in [0.3, 0.4) is 0 Å². The highest BCUT2D eigenvalue weighted by Gasteiger charge is 2.42. The highest BCUT2D eigenvalue weighted by molar-refractivity contribution is 5.37. The molecule has 1 heterocycles. The maximum atomic E-state index is 14.0. The van der Waals surface area contributed by atoms with Gasteiger partial charge in [-0.05, 0) is 72.8 Å². The summed E-state index contributed by atoms with van der Waals surface area (Å²) < 4.78 is 27.9. The molecule has 0 aliphatic carbocycles. The van der Waals surface area contributed by atoms with Crippen molar-refractivity contribution in [2.45, 2.75) is 25.0 Å². The van der Waals surface area contributed by atoms with E-state index < -0.39 is 17.2 Å². The average Bonchev–Trinajstić information content (AvgIpc) is 2.74. The second-order valence-corrected chi connectivity index (χ2v) is 7.82. The van der Waals surface area contributed by atoms with Crippen molar-refractivity contribution >= 4 is 0 Å². The molecule has 3 aromatic rings. The van der Waals surface area contributed by atoms with Crippen LogP contribution in [0.15, 0.2) is 78.9 Å². The number of halogens is 2. The number of likely N-dealkylation sites (tertiary alicyclic amines) is 1. The van der Waals surface area contributed by atoms with Crippen LogP contribution in [0.5, 0.6) is 0 Å². The summed E-state index contributed by atoms with van der Waals surface area (Å²) in [7, 11) is 0. The first-order valence-corrected chi connectivity index (χ1v) is 10.1. The van der Waals surface area contributed by atoms with Crippen molar-refractivity contribution in [2.24, 2.45) is 5.92 Å². The molecular weight excluding hydrogens is 368 g/mol. The smallest absolute Gasteiger partial charge is 0.123 e. The van der Waals surface area contributed by atoms with Crippen molar-refractivity contribution in [1.82, 2.24) is 4.90 Å². The molecule has 0 unspecified atom stereocenters. The summed E-state index contributed by atoms with van der Waals surface area (Å²) in [5, 5.41) is 11.9. The number of benzene rings is 3. The van der Waals surface area contributed by atoms with E-state index in [1.165, 1.54) is 29.8 Å². The van der Waals surface area contributed by atoms with Gasteiger partial charge in [-0.1, -0.05) is 54.6 Å². The van der Waals surface area contributed by atoms with E-state index in [9.17, 15) is 13.9 Å². The molecule has 0 spiro atoms. The van der Waals surface area contributed by atoms with E-state index in [0.29, 0.717) is 11.1 Å². The van der Waals surface area contributed by atoms with Crippen molar-refractivity contribution < 1.29 is 13.9 Å². The molecular formula is C25H25F2NO. The molecule has 0 amide bonds. The number of hydrogen-bond donors (Lipinski definition) is 1. The molecule has 0 radical (unpaired) electrons. The molecule has 0 saturated carbocycles. The van der Waals surface area contributed by atoms with Crippen LogP contribution in [0, 0.1) is 17.6 Å². The first-order valence-electron chi connectivity index (χ1n) is 10.1. The molecule has 1 fully saturated rings. The first-order chi connectivity index (χ1) is 14.1. The van der Waals surface area contributed by atoms with Gasteiger partial charge >= 0.3 is 0 Å².